The van der Waals surface area contributed by atoms with Crippen LogP contribution in [0.15, 0.2) is 194 Å². The van der Waals surface area contributed by atoms with Crippen LogP contribution in [-0.2, 0) is 0 Å². The van der Waals surface area contributed by atoms with Crippen LogP contribution in [0.1, 0.15) is 0 Å². The Kier molecular flexibility index (Phi) is 6.89. The van der Waals surface area contributed by atoms with E-state index in [0.717, 1.165) is 49.5 Å². The zero-order valence-electron chi connectivity index (χ0n) is 30.8. The van der Waals surface area contributed by atoms with Gasteiger partial charge in [-0.3, -0.25) is 4.98 Å². The predicted molar refractivity (Wildman–Crippen MR) is 238 cm³/mol. The molecule has 57 heavy (non-hydrogen) atoms. The van der Waals surface area contributed by atoms with E-state index in [1.54, 1.807) is 4.80 Å². The van der Waals surface area contributed by atoms with Crippen molar-refractivity contribution in [2.24, 2.45) is 0 Å². The third kappa shape index (κ3) is 4.98. The average Bonchev–Trinajstić information content (AvgIpc) is 3.72. The summed E-state index contributed by atoms with van der Waals surface area (Å²) < 4.78 is 0. The Morgan fingerprint density at radius 1 is 0.333 bits per heavy atom. The maximum atomic E-state index is 5.12. The fraction of sp³-hybridized carbons (Fsp3) is 0. The molecule has 0 saturated carbocycles. The molecule has 0 aliphatic carbocycles. The second-order valence-corrected chi connectivity index (χ2v) is 14.9. The molecule has 0 fully saturated rings. The van der Waals surface area contributed by atoms with Crippen LogP contribution in [0.2, 0.25) is 0 Å². The summed E-state index contributed by atoms with van der Waals surface area (Å²) in [4.78, 5) is 6.35. The molecule has 4 nitrogen and oxygen atoms in total. The van der Waals surface area contributed by atoms with E-state index in [1.807, 2.05) is 24.4 Å². The van der Waals surface area contributed by atoms with Crippen molar-refractivity contribution in [2.75, 3.05) is 0 Å². The molecule has 0 N–H and O–H groups in total. The van der Waals surface area contributed by atoms with Gasteiger partial charge in [0.1, 0.15) is 11.0 Å². The van der Waals surface area contributed by atoms with Crippen molar-refractivity contribution in [3.8, 4) is 39.1 Å². The quantitative estimate of drug-likeness (QED) is 0.170. The van der Waals surface area contributed by atoms with Gasteiger partial charge < -0.3 is 0 Å². The molecule has 4 heteroatoms. The van der Waals surface area contributed by atoms with Gasteiger partial charge in [-0.15, -0.1) is 15.0 Å². The Bertz CT molecular complexity index is 3590. The van der Waals surface area contributed by atoms with E-state index in [4.69, 9.17) is 10.2 Å². The molecule has 0 atom stereocenters. The molecule has 0 aliphatic rings. The van der Waals surface area contributed by atoms with E-state index in [1.165, 1.54) is 65.3 Å². The molecule has 2 aromatic heterocycles. The fourth-order valence-corrected chi connectivity index (χ4v) is 9.01. The second-order valence-electron chi connectivity index (χ2n) is 14.9. The van der Waals surface area contributed by atoms with Gasteiger partial charge in [0.2, 0.25) is 0 Å². The van der Waals surface area contributed by atoms with Gasteiger partial charge in [-0.1, -0.05) is 140 Å². The van der Waals surface area contributed by atoms with Crippen LogP contribution < -0.4 is 0 Å². The number of hydrogen-bond acceptors (Lipinski definition) is 3. The number of rotatable bonds is 4. The first kappa shape index (κ1) is 31.6. The molecule has 0 radical (unpaired) electrons. The van der Waals surface area contributed by atoms with Crippen LogP contribution in [0.5, 0.6) is 0 Å². The summed E-state index contributed by atoms with van der Waals surface area (Å²) in [5.41, 5.74) is 10.7. The minimum Gasteiger partial charge on any atom is -0.256 e. The third-order valence-electron chi connectivity index (χ3n) is 11.6. The summed E-state index contributed by atoms with van der Waals surface area (Å²) in [6.07, 6.45) is 1.82. The first-order chi connectivity index (χ1) is 28.2. The predicted octanol–water partition coefficient (Wildman–Crippen LogP) is 13.7. The van der Waals surface area contributed by atoms with Gasteiger partial charge in [0, 0.05) is 17.0 Å². The Morgan fingerprint density at radius 3 is 1.63 bits per heavy atom. The average molecular weight is 725 g/mol. The first-order valence-electron chi connectivity index (χ1n) is 19.4. The largest absolute Gasteiger partial charge is 0.256 e. The molecular weight excluding hydrogens is 693 g/mol. The van der Waals surface area contributed by atoms with Gasteiger partial charge in [0.15, 0.2) is 0 Å². The van der Waals surface area contributed by atoms with Gasteiger partial charge >= 0.3 is 0 Å². The number of hydrogen-bond donors (Lipinski definition) is 0. The molecule has 10 aromatic carbocycles. The summed E-state index contributed by atoms with van der Waals surface area (Å²) in [5.74, 6) is 0. The van der Waals surface area contributed by atoms with Gasteiger partial charge in [-0.2, -0.15) is 0 Å². The van der Waals surface area contributed by atoms with E-state index in [9.17, 15) is 0 Å². The van der Waals surface area contributed by atoms with Crippen molar-refractivity contribution in [3.63, 3.8) is 0 Å². The van der Waals surface area contributed by atoms with Crippen LogP contribution in [0.3, 0.4) is 0 Å². The fourth-order valence-electron chi connectivity index (χ4n) is 9.01. The topological polar surface area (TPSA) is 43.6 Å². The highest BCUT2D eigenvalue weighted by molar-refractivity contribution is 6.23. The summed E-state index contributed by atoms with van der Waals surface area (Å²) >= 11 is 0. The molecule has 0 unspecified atom stereocenters. The number of pyridine rings is 1. The Labute approximate surface area is 327 Å². The molecular formula is C53H32N4. The van der Waals surface area contributed by atoms with E-state index in [2.05, 4.69) is 175 Å². The zero-order chi connectivity index (χ0) is 37.5. The first-order valence-corrected chi connectivity index (χ1v) is 19.4. The summed E-state index contributed by atoms with van der Waals surface area (Å²) in [5, 5.41) is 23.3. The summed E-state index contributed by atoms with van der Waals surface area (Å²) in [6, 6.07) is 67.9. The van der Waals surface area contributed by atoms with E-state index in [-0.39, 0.29) is 0 Å². The molecule has 2 heterocycles. The molecule has 0 bridgehead atoms. The number of aromatic nitrogens is 4. The lowest BCUT2D eigenvalue weighted by molar-refractivity contribution is 0.771. The molecule has 0 saturated heterocycles. The molecule has 12 aromatic rings. The standard InChI is InChI=1S/C53H32N4/c1-3-13-35-29-38(24-22-33(35)11-1)51-41-16-6-7-17-42(41)52(39-25-23-34-12-2-4-14-36(34)30-39)47-31-37(26-27-43(47)51)46-32-49-53(44-18-8-5-15-40(44)46)56-57(55-49)50-21-9-20-48-45(50)19-10-28-54-48/h1-32H. The highest BCUT2D eigenvalue weighted by atomic mass is 15.5. The Morgan fingerprint density at radius 2 is 0.912 bits per heavy atom. The van der Waals surface area contributed by atoms with Crippen LogP contribution in [0.25, 0.3) is 115 Å². The molecule has 0 amide bonds. The highest BCUT2D eigenvalue weighted by Crippen LogP contribution is 2.46. The van der Waals surface area contributed by atoms with Gasteiger partial charge in [0.05, 0.1) is 11.2 Å². The summed E-state index contributed by atoms with van der Waals surface area (Å²) in [7, 11) is 0. The van der Waals surface area contributed by atoms with Crippen molar-refractivity contribution < 1.29 is 0 Å². The number of benzene rings is 10. The van der Waals surface area contributed by atoms with E-state index >= 15 is 0 Å². The van der Waals surface area contributed by atoms with Crippen molar-refractivity contribution in [3.05, 3.63) is 194 Å². The minimum atomic E-state index is 0.842. The molecule has 0 aliphatic heterocycles. The minimum absolute atomic E-state index is 0.842. The van der Waals surface area contributed by atoms with E-state index < -0.39 is 0 Å². The lowest BCUT2D eigenvalue weighted by atomic mass is 9.84. The number of fused-ring (bicyclic) bond motifs is 8. The second kappa shape index (κ2) is 12.4. The summed E-state index contributed by atoms with van der Waals surface area (Å²) in [6.45, 7) is 0. The van der Waals surface area contributed by atoms with Crippen molar-refractivity contribution >= 4 is 75.8 Å². The molecule has 264 valence electrons. The van der Waals surface area contributed by atoms with Crippen molar-refractivity contribution in [1.29, 1.82) is 0 Å². The maximum absolute atomic E-state index is 5.12. The van der Waals surface area contributed by atoms with Crippen LogP contribution in [0.4, 0.5) is 0 Å². The van der Waals surface area contributed by atoms with Gasteiger partial charge in [-0.25, -0.2) is 0 Å². The van der Waals surface area contributed by atoms with Crippen LogP contribution >= 0.6 is 0 Å². The van der Waals surface area contributed by atoms with E-state index in [0.29, 0.717) is 0 Å². The maximum Gasteiger partial charge on any atom is 0.121 e. The lowest BCUT2D eigenvalue weighted by Gasteiger charge is -2.19. The molecule has 0 spiro atoms. The Hall–Kier alpha value is -7.69. The molecule has 12 rings (SSSR count). The van der Waals surface area contributed by atoms with Crippen molar-refractivity contribution in [1.82, 2.24) is 20.0 Å². The normalized spacial score (nSPS) is 11.9. The van der Waals surface area contributed by atoms with Gasteiger partial charge in [-0.05, 0) is 130 Å². The monoisotopic (exact) mass is 724 g/mol. The number of nitrogens with zero attached hydrogens (tertiary/aromatic N) is 4. The van der Waals surface area contributed by atoms with Crippen LogP contribution in [0, 0.1) is 0 Å². The third-order valence-corrected chi connectivity index (χ3v) is 11.6. The zero-order valence-corrected chi connectivity index (χ0v) is 30.8. The Balaban J connectivity index is 1.15. The lowest BCUT2D eigenvalue weighted by Crippen LogP contribution is -1.99. The highest BCUT2D eigenvalue weighted by Gasteiger charge is 2.20. The SMILES string of the molecule is c1ccc2cc(-c3c4ccccc4c(-c4ccc5ccccc5c4)c4cc(-c5cc6nn(-c7cccc8ncccc78)nc6c6ccccc56)ccc34)ccc2c1. The smallest absolute Gasteiger partial charge is 0.121 e. The van der Waals surface area contributed by atoms with Crippen LogP contribution in [-0.4, -0.2) is 20.0 Å². The van der Waals surface area contributed by atoms with Crippen molar-refractivity contribution in [2.45, 2.75) is 0 Å². The van der Waals surface area contributed by atoms with Gasteiger partial charge in [0.25, 0.3) is 0 Å².